The molecule has 1 fully saturated rings. The molecule has 1 aliphatic heterocycles. The third-order valence-electron chi connectivity index (χ3n) is 4.55. The molecule has 2 aromatic heterocycles. The molecule has 3 heterocycles. The summed E-state index contributed by atoms with van der Waals surface area (Å²) in [5.41, 5.74) is 2.81. The highest BCUT2D eigenvalue weighted by atomic mass is 16.5. The smallest absolute Gasteiger partial charge is 0.271 e. The maximum atomic E-state index is 12.5. The lowest BCUT2D eigenvalue weighted by Crippen LogP contribution is -2.48. The van der Waals surface area contributed by atoms with Crippen LogP contribution in [-0.4, -0.2) is 47.4 Å². The molecule has 0 atom stereocenters. The molecule has 1 N–H and O–H groups in total. The number of ether oxygens (including phenoxy) is 2. The van der Waals surface area contributed by atoms with Gasteiger partial charge in [0.1, 0.15) is 5.75 Å². The summed E-state index contributed by atoms with van der Waals surface area (Å²) in [6, 6.07) is 11.2. The van der Waals surface area contributed by atoms with Gasteiger partial charge in [-0.2, -0.15) is 5.10 Å². The number of nitrogens with zero attached hydrogens (tertiary/aromatic N) is 3. The van der Waals surface area contributed by atoms with Gasteiger partial charge in [-0.1, -0.05) is 6.92 Å². The SMILES string of the molecule is COc1ccc(-c2ccnc3cc(C(=O)NCC4(C)COC4)nn23)cc1. The number of rotatable bonds is 5. The number of nitrogens with one attached hydrogen (secondary N) is 1. The standard InChI is InChI=1S/C19H20N4O3/c1-19(11-26-12-19)10-21-18(24)15-9-17-20-8-7-16(23(17)22-15)13-3-5-14(25-2)6-4-13/h3-9H,10-12H2,1-2H3,(H,21,24). The largest absolute Gasteiger partial charge is 0.497 e. The first-order valence-corrected chi connectivity index (χ1v) is 8.43. The Balaban J connectivity index is 1.61. The zero-order chi connectivity index (χ0) is 18.1. The Labute approximate surface area is 151 Å². The van der Waals surface area contributed by atoms with E-state index >= 15 is 0 Å². The van der Waals surface area contributed by atoms with Crippen molar-refractivity contribution in [2.75, 3.05) is 26.9 Å². The molecular weight excluding hydrogens is 332 g/mol. The number of carbonyl (C=O) groups excluding carboxylic acids is 1. The van der Waals surface area contributed by atoms with E-state index in [-0.39, 0.29) is 11.3 Å². The molecule has 1 amide bonds. The second-order valence-electron chi connectivity index (χ2n) is 6.84. The molecule has 1 aromatic carbocycles. The third kappa shape index (κ3) is 3.01. The van der Waals surface area contributed by atoms with Gasteiger partial charge < -0.3 is 14.8 Å². The zero-order valence-electron chi connectivity index (χ0n) is 14.7. The number of hydrogen-bond donors (Lipinski definition) is 1. The lowest BCUT2D eigenvalue weighted by molar-refractivity contribution is -0.0978. The molecule has 0 bridgehead atoms. The number of methoxy groups -OCH3 is 1. The van der Waals surface area contributed by atoms with Gasteiger partial charge in [0.2, 0.25) is 0 Å². The average Bonchev–Trinajstić information content (AvgIpc) is 3.09. The topological polar surface area (TPSA) is 77.8 Å². The molecule has 7 nitrogen and oxygen atoms in total. The van der Waals surface area contributed by atoms with Crippen LogP contribution in [0.1, 0.15) is 17.4 Å². The highest BCUT2D eigenvalue weighted by molar-refractivity contribution is 5.93. The average molecular weight is 352 g/mol. The van der Waals surface area contributed by atoms with Gasteiger partial charge in [0, 0.05) is 29.8 Å². The van der Waals surface area contributed by atoms with Crippen molar-refractivity contribution in [3.63, 3.8) is 0 Å². The Hall–Kier alpha value is -2.93. The number of hydrogen-bond acceptors (Lipinski definition) is 5. The maximum Gasteiger partial charge on any atom is 0.271 e. The van der Waals surface area contributed by atoms with Crippen LogP contribution in [-0.2, 0) is 4.74 Å². The first-order chi connectivity index (χ1) is 12.6. The fourth-order valence-corrected chi connectivity index (χ4v) is 2.92. The molecule has 134 valence electrons. The second-order valence-corrected chi connectivity index (χ2v) is 6.84. The van der Waals surface area contributed by atoms with Gasteiger partial charge in [0.15, 0.2) is 11.3 Å². The third-order valence-corrected chi connectivity index (χ3v) is 4.55. The Bertz CT molecular complexity index is 945. The second kappa shape index (κ2) is 6.42. The maximum absolute atomic E-state index is 12.5. The van der Waals surface area contributed by atoms with Crippen molar-refractivity contribution in [2.45, 2.75) is 6.92 Å². The lowest BCUT2D eigenvalue weighted by Gasteiger charge is -2.37. The summed E-state index contributed by atoms with van der Waals surface area (Å²) >= 11 is 0. The van der Waals surface area contributed by atoms with Crippen LogP contribution in [0.4, 0.5) is 0 Å². The Morgan fingerprint density at radius 3 is 2.73 bits per heavy atom. The molecule has 0 radical (unpaired) electrons. The Morgan fingerprint density at radius 2 is 2.08 bits per heavy atom. The van der Waals surface area contributed by atoms with E-state index in [9.17, 15) is 4.79 Å². The molecule has 1 aliphatic rings. The van der Waals surface area contributed by atoms with Crippen LogP contribution < -0.4 is 10.1 Å². The van der Waals surface area contributed by atoms with Crippen molar-refractivity contribution >= 4 is 11.6 Å². The van der Waals surface area contributed by atoms with E-state index in [1.165, 1.54) is 0 Å². The van der Waals surface area contributed by atoms with E-state index in [2.05, 4.69) is 22.3 Å². The first-order valence-electron chi connectivity index (χ1n) is 8.43. The number of amides is 1. The highest BCUT2D eigenvalue weighted by Gasteiger charge is 2.33. The summed E-state index contributed by atoms with van der Waals surface area (Å²) in [5, 5.41) is 7.39. The van der Waals surface area contributed by atoms with Gasteiger partial charge in [0.05, 0.1) is 26.0 Å². The Kier molecular flexibility index (Phi) is 4.08. The van der Waals surface area contributed by atoms with Crippen molar-refractivity contribution < 1.29 is 14.3 Å². The minimum absolute atomic E-state index is 0.0152. The van der Waals surface area contributed by atoms with E-state index in [0.29, 0.717) is 31.1 Å². The highest BCUT2D eigenvalue weighted by Crippen LogP contribution is 2.25. The molecule has 7 heteroatoms. The predicted molar refractivity (Wildman–Crippen MR) is 96.2 cm³/mol. The van der Waals surface area contributed by atoms with Gasteiger partial charge in [-0.15, -0.1) is 0 Å². The van der Waals surface area contributed by atoms with Crippen molar-refractivity contribution in [3.8, 4) is 17.0 Å². The number of benzene rings is 1. The van der Waals surface area contributed by atoms with Gasteiger partial charge in [0.25, 0.3) is 5.91 Å². The van der Waals surface area contributed by atoms with Crippen LogP contribution in [0.15, 0.2) is 42.6 Å². The molecule has 0 aliphatic carbocycles. The molecule has 26 heavy (non-hydrogen) atoms. The fraction of sp³-hybridized carbons (Fsp3) is 0.316. The van der Waals surface area contributed by atoms with E-state index in [0.717, 1.165) is 17.0 Å². The summed E-state index contributed by atoms with van der Waals surface area (Å²) < 4.78 is 12.1. The Morgan fingerprint density at radius 1 is 1.31 bits per heavy atom. The van der Waals surface area contributed by atoms with Crippen molar-refractivity contribution in [1.82, 2.24) is 19.9 Å². The summed E-state index contributed by atoms with van der Waals surface area (Å²) in [4.78, 5) is 16.8. The number of carbonyl (C=O) groups is 1. The molecule has 0 spiro atoms. The van der Waals surface area contributed by atoms with Crippen molar-refractivity contribution in [1.29, 1.82) is 0 Å². The van der Waals surface area contributed by atoms with Crippen molar-refractivity contribution in [2.24, 2.45) is 5.41 Å². The zero-order valence-corrected chi connectivity index (χ0v) is 14.7. The molecule has 0 saturated carbocycles. The van der Waals surface area contributed by atoms with Gasteiger partial charge in [-0.05, 0) is 30.3 Å². The van der Waals surface area contributed by atoms with Crippen LogP contribution >= 0.6 is 0 Å². The number of fused-ring (bicyclic) bond motifs is 1. The van der Waals surface area contributed by atoms with Crippen molar-refractivity contribution in [3.05, 3.63) is 48.3 Å². The fourth-order valence-electron chi connectivity index (χ4n) is 2.92. The summed E-state index contributed by atoms with van der Waals surface area (Å²) in [5.74, 6) is 0.581. The normalized spacial score (nSPS) is 15.5. The molecule has 0 unspecified atom stereocenters. The molecule has 3 aromatic rings. The molecule has 4 rings (SSSR count). The van der Waals surface area contributed by atoms with E-state index in [1.54, 1.807) is 23.9 Å². The minimum atomic E-state index is -0.204. The van der Waals surface area contributed by atoms with E-state index in [4.69, 9.17) is 9.47 Å². The predicted octanol–water partition coefficient (Wildman–Crippen LogP) is 2.17. The molecule has 1 saturated heterocycles. The molecular formula is C19H20N4O3. The quantitative estimate of drug-likeness (QED) is 0.761. The number of aromatic nitrogens is 3. The summed E-state index contributed by atoms with van der Waals surface area (Å²) in [6.45, 7) is 3.99. The van der Waals surface area contributed by atoms with Gasteiger partial charge in [-0.3, -0.25) is 4.79 Å². The monoisotopic (exact) mass is 352 g/mol. The van der Waals surface area contributed by atoms with Crippen LogP contribution in [0.5, 0.6) is 5.75 Å². The lowest BCUT2D eigenvalue weighted by atomic mass is 9.89. The van der Waals surface area contributed by atoms with Crippen LogP contribution in [0, 0.1) is 5.41 Å². The van der Waals surface area contributed by atoms with Crippen LogP contribution in [0.2, 0.25) is 0 Å². The van der Waals surface area contributed by atoms with E-state index in [1.807, 2.05) is 30.3 Å². The summed E-state index contributed by atoms with van der Waals surface area (Å²) in [6.07, 6.45) is 1.71. The first kappa shape index (κ1) is 16.5. The van der Waals surface area contributed by atoms with Gasteiger partial charge >= 0.3 is 0 Å². The van der Waals surface area contributed by atoms with Crippen LogP contribution in [0.25, 0.3) is 16.9 Å². The van der Waals surface area contributed by atoms with E-state index < -0.39 is 0 Å². The minimum Gasteiger partial charge on any atom is -0.497 e. The summed E-state index contributed by atoms with van der Waals surface area (Å²) in [7, 11) is 1.63. The van der Waals surface area contributed by atoms with Crippen LogP contribution in [0.3, 0.4) is 0 Å². The van der Waals surface area contributed by atoms with Gasteiger partial charge in [-0.25, -0.2) is 9.50 Å².